The van der Waals surface area contributed by atoms with Gasteiger partial charge >= 0.3 is 0 Å². The fourth-order valence-electron chi connectivity index (χ4n) is 3.10. The number of aromatic nitrogens is 2. The number of aryl methyl sites for hydroxylation is 1. The average molecular weight is 395 g/mol. The first kappa shape index (κ1) is 20.3. The molecule has 1 heterocycles. The summed E-state index contributed by atoms with van der Waals surface area (Å²) < 4.78 is 17.9. The smallest absolute Gasteiger partial charge is 0.224 e. The van der Waals surface area contributed by atoms with Crippen molar-refractivity contribution in [3.63, 3.8) is 0 Å². The Balaban J connectivity index is 1.66. The van der Waals surface area contributed by atoms with Gasteiger partial charge in [0.1, 0.15) is 0 Å². The number of benzene rings is 2. The third kappa shape index (κ3) is 5.07. The maximum absolute atomic E-state index is 12.6. The number of para-hydroxylation sites is 1. The van der Waals surface area contributed by atoms with Crippen molar-refractivity contribution in [3.8, 4) is 17.2 Å². The van der Waals surface area contributed by atoms with Gasteiger partial charge in [-0.3, -0.25) is 9.48 Å². The van der Waals surface area contributed by atoms with Crippen molar-refractivity contribution in [2.75, 3.05) is 26.6 Å². The first-order chi connectivity index (χ1) is 14.1. The topological polar surface area (TPSA) is 74.6 Å². The molecular formula is C22H25N3O4. The molecule has 0 fully saturated rings. The quantitative estimate of drug-likeness (QED) is 0.600. The molecule has 2 aromatic carbocycles. The number of methoxy groups -OCH3 is 3. The Labute approximate surface area is 170 Å². The number of rotatable bonds is 9. The molecule has 0 aliphatic carbocycles. The van der Waals surface area contributed by atoms with E-state index in [0.717, 1.165) is 16.8 Å². The average Bonchev–Trinajstić information content (AvgIpc) is 3.26. The number of hydrogen-bond acceptors (Lipinski definition) is 5. The van der Waals surface area contributed by atoms with Gasteiger partial charge in [0, 0.05) is 24.5 Å². The van der Waals surface area contributed by atoms with E-state index < -0.39 is 0 Å². The molecule has 0 bridgehead atoms. The number of nitrogens with one attached hydrogen (secondary N) is 1. The Morgan fingerprint density at radius 2 is 1.76 bits per heavy atom. The summed E-state index contributed by atoms with van der Waals surface area (Å²) in [6, 6.07) is 13.3. The molecule has 0 saturated carbocycles. The van der Waals surface area contributed by atoms with E-state index in [1.54, 1.807) is 27.5 Å². The minimum atomic E-state index is -0.0633. The van der Waals surface area contributed by atoms with Crippen molar-refractivity contribution in [2.24, 2.45) is 0 Å². The van der Waals surface area contributed by atoms with Gasteiger partial charge in [-0.2, -0.15) is 5.10 Å². The maximum atomic E-state index is 12.6. The third-order valence-electron chi connectivity index (χ3n) is 4.55. The zero-order chi connectivity index (χ0) is 20.6. The van der Waals surface area contributed by atoms with Crippen molar-refractivity contribution < 1.29 is 19.0 Å². The highest BCUT2D eigenvalue weighted by Gasteiger charge is 2.14. The highest BCUT2D eigenvalue weighted by atomic mass is 16.5. The van der Waals surface area contributed by atoms with E-state index in [2.05, 4.69) is 10.4 Å². The zero-order valence-electron chi connectivity index (χ0n) is 16.8. The molecule has 1 amide bonds. The minimum Gasteiger partial charge on any atom is -0.493 e. The molecule has 0 radical (unpaired) electrons. The van der Waals surface area contributed by atoms with Crippen LogP contribution in [0.3, 0.4) is 0 Å². The minimum absolute atomic E-state index is 0.0633. The van der Waals surface area contributed by atoms with Crippen molar-refractivity contribution in [1.82, 2.24) is 9.78 Å². The van der Waals surface area contributed by atoms with Crippen LogP contribution in [0.25, 0.3) is 0 Å². The van der Waals surface area contributed by atoms with E-state index in [0.29, 0.717) is 36.6 Å². The molecule has 3 rings (SSSR count). The Bertz CT molecular complexity index is 929. The van der Waals surface area contributed by atoms with Crippen molar-refractivity contribution in [1.29, 1.82) is 0 Å². The van der Waals surface area contributed by atoms with Gasteiger partial charge < -0.3 is 19.5 Å². The van der Waals surface area contributed by atoms with Gasteiger partial charge in [-0.05, 0) is 41.8 Å². The second-order valence-corrected chi connectivity index (χ2v) is 6.44. The van der Waals surface area contributed by atoms with Gasteiger partial charge in [0.15, 0.2) is 11.5 Å². The van der Waals surface area contributed by atoms with E-state index in [-0.39, 0.29) is 5.91 Å². The maximum Gasteiger partial charge on any atom is 0.224 e. The summed E-state index contributed by atoms with van der Waals surface area (Å²) in [6.07, 6.45) is 4.50. The molecule has 0 atom stereocenters. The lowest BCUT2D eigenvalue weighted by molar-refractivity contribution is -0.116. The number of hydrogen-bond donors (Lipinski definition) is 1. The number of carbonyl (C=O) groups excluding carboxylic acids is 1. The van der Waals surface area contributed by atoms with Crippen molar-refractivity contribution in [3.05, 3.63) is 66.0 Å². The number of nitrogens with zero attached hydrogens (tertiary/aromatic N) is 2. The molecule has 0 aliphatic rings. The number of ether oxygens (including phenoxy) is 3. The van der Waals surface area contributed by atoms with Gasteiger partial charge in [0.05, 0.1) is 27.9 Å². The molecule has 1 aromatic heterocycles. The molecule has 0 spiro atoms. The van der Waals surface area contributed by atoms with Crippen LogP contribution in [-0.2, 0) is 17.8 Å². The van der Waals surface area contributed by atoms with Crippen LogP contribution in [0.1, 0.15) is 17.5 Å². The van der Waals surface area contributed by atoms with E-state index in [1.165, 1.54) is 0 Å². The predicted molar refractivity (Wildman–Crippen MR) is 111 cm³/mol. The molecule has 1 N–H and O–H groups in total. The Morgan fingerprint density at radius 3 is 2.38 bits per heavy atom. The van der Waals surface area contributed by atoms with Gasteiger partial charge in [0.2, 0.25) is 11.7 Å². The van der Waals surface area contributed by atoms with E-state index >= 15 is 0 Å². The van der Waals surface area contributed by atoms with Crippen LogP contribution in [-0.4, -0.2) is 37.0 Å². The van der Waals surface area contributed by atoms with Crippen LogP contribution in [0.15, 0.2) is 54.9 Å². The monoisotopic (exact) mass is 395 g/mol. The lowest BCUT2D eigenvalue weighted by atomic mass is 10.1. The normalized spacial score (nSPS) is 10.4. The number of amides is 1. The van der Waals surface area contributed by atoms with Gasteiger partial charge in [0.25, 0.3) is 0 Å². The van der Waals surface area contributed by atoms with E-state index in [9.17, 15) is 4.79 Å². The second-order valence-electron chi connectivity index (χ2n) is 6.44. The Hall–Kier alpha value is -3.48. The fraction of sp³-hybridized carbons (Fsp3) is 0.273. The summed E-state index contributed by atoms with van der Waals surface area (Å²) in [5.41, 5.74) is 2.72. The molecule has 7 nitrogen and oxygen atoms in total. The summed E-state index contributed by atoms with van der Waals surface area (Å²) in [5.74, 6) is 1.63. The highest BCUT2D eigenvalue weighted by Crippen LogP contribution is 2.38. The van der Waals surface area contributed by atoms with Gasteiger partial charge in [-0.15, -0.1) is 0 Å². The van der Waals surface area contributed by atoms with Crippen LogP contribution in [0, 0.1) is 0 Å². The van der Waals surface area contributed by atoms with Gasteiger partial charge in [-0.25, -0.2) is 0 Å². The molecule has 7 heteroatoms. The standard InChI is InChI=1S/C22H25N3O4/c1-27-19-13-16(14-20(28-2)22(19)29-3)9-10-21(26)24-18-8-5-4-7-17(18)15-25-12-6-11-23-25/h4-8,11-14H,9-10,15H2,1-3H3,(H,24,26). The lowest BCUT2D eigenvalue weighted by Gasteiger charge is -2.14. The molecule has 3 aromatic rings. The zero-order valence-corrected chi connectivity index (χ0v) is 16.8. The molecule has 0 unspecified atom stereocenters. The second kappa shape index (κ2) is 9.64. The summed E-state index contributed by atoms with van der Waals surface area (Å²) >= 11 is 0. The third-order valence-corrected chi connectivity index (χ3v) is 4.55. The predicted octanol–water partition coefficient (Wildman–Crippen LogP) is 3.53. The number of carbonyl (C=O) groups is 1. The summed E-state index contributed by atoms with van der Waals surface area (Å²) in [6.45, 7) is 0.594. The number of anilines is 1. The van der Waals surface area contributed by atoms with Crippen molar-refractivity contribution in [2.45, 2.75) is 19.4 Å². The molecule has 29 heavy (non-hydrogen) atoms. The van der Waals surface area contributed by atoms with E-state index in [1.807, 2.05) is 53.3 Å². The summed E-state index contributed by atoms with van der Waals surface area (Å²) in [4.78, 5) is 12.6. The Morgan fingerprint density at radius 1 is 1.03 bits per heavy atom. The summed E-state index contributed by atoms with van der Waals surface area (Å²) in [5, 5.41) is 7.23. The first-order valence-corrected chi connectivity index (χ1v) is 9.28. The van der Waals surface area contributed by atoms with Crippen LogP contribution in [0.4, 0.5) is 5.69 Å². The van der Waals surface area contributed by atoms with Crippen LogP contribution in [0.5, 0.6) is 17.2 Å². The molecule has 0 aliphatic heterocycles. The van der Waals surface area contributed by atoms with Gasteiger partial charge in [-0.1, -0.05) is 18.2 Å². The van der Waals surface area contributed by atoms with Crippen molar-refractivity contribution >= 4 is 11.6 Å². The SMILES string of the molecule is COc1cc(CCC(=O)Nc2ccccc2Cn2cccn2)cc(OC)c1OC. The fourth-order valence-corrected chi connectivity index (χ4v) is 3.10. The van der Waals surface area contributed by atoms with Crippen LogP contribution in [0.2, 0.25) is 0 Å². The molecule has 0 saturated heterocycles. The molecule has 152 valence electrons. The van der Waals surface area contributed by atoms with Crippen LogP contribution >= 0.6 is 0 Å². The highest BCUT2D eigenvalue weighted by molar-refractivity contribution is 5.91. The summed E-state index contributed by atoms with van der Waals surface area (Å²) in [7, 11) is 4.71. The van der Waals surface area contributed by atoms with E-state index in [4.69, 9.17) is 14.2 Å². The molecular weight excluding hydrogens is 370 g/mol. The first-order valence-electron chi connectivity index (χ1n) is 9.28. The Kier molecular flexibility index (Phi) is 6.73. The van der Waals surface area contributed by atoms with Crippen LogP contribution < -0.4 is 19.5 Å². The largest absolute Gasteiger partial charge is 0.493 e. The lowest BCUT2D eigenvalue weighted by Crippen LogP contribution is -2.14.